The Morgan fingerprint density at radius 2 is 1.70 bits per heavy atom. The van der Waals surface area contributed by atoms with Gasteiger partial charge in [-0.2, -0.15) is 5.26 Å². The van der Waals surface area contributed by atoms with Gasteiger partial charge in [0.2, 0.25) is 0 Å². The summed E-state index contributed by atoms with van der Waals surface area (Å²) in [7, 11) is 1.59. The first kappa shape index (κ1) is 19.7. The SMILES string of the molecule is CN(CC(O)c1cccc(C#N)c1)C(=O)OCC1c2ccccc2-c2ccccc21. The maximum atomic E-state index is 12.6. The van der Waals surface area contributed by atoms with Crippen molar-refractivity contribution in [2.45, 2.75) is 12.0 Å². The summed E-state index contributed by atoms with van der Waals surface area (Å²) in [4.78, 5) is 13.9. The number of aliphatic hydroxyl groups excluding tert-OH is 1. The van der Waals surface area contributed by atoms with Gasteiger partial charge in [0.05, 0.1) is 24.3 Å². The van der Waals surface area contributed by atoms with E-state index in [1.54, 1.807) is 31.3 Å². The van der Waals surface area contributed by atoms with Gasteiger partial charge in [-0.3, -0.25) is 0 Å². The Morgan fingerprint density at radius 3 is 2.33 bits per heavy atom. The van der Waals surface area contributed by atoms with E-state index in [1.807, 2.05) is 30.3 Å². The summed E-state index contributed by atoms with van der Waals surface area (Å²) in [5.74, 6) is -0.00742. The number of nitrogens with zero attached hydrogens (tertiary/aromatic N) is 2. The molecule has 5 heteroatoms. The van der Waals surface area contributed by atoms with Crippen LogP contribution in [-0.2, 0) is 4.74 Å². The second-order valence-corrected chi connectivity index (χ2v) is 7.44. The van der Waals surface area contributed by atoms with Crippen LogP contribution in [0.15, 0.2) is 72.8 Å². The average molecular weight is 398 g/mol. The molecule has 1 atom stereocenters. The van der Waals surface area contributed by atoms with Gasteiger partial charge >= 0.3 is 6.09 Å². The molecule has 0 aromatic heterocycles. The predicted molar refractivity (Wildman–Crippen MR) is 114 cm³/mol. The van der Waals surface area contributed by atoms with Crippen LogP contribution in [0.3, 0.4) is 0 Å². The first-order valence-corrected chi connectivity index (χ1v) is 9.82. The number of aliphatic hydroxyl groups is 1. The highest BCUT2D eigenvalue weighted by molar-refractivity contribution is 5.79. The maximum absolute atomic E-state index is 12.6. The Bertz CT molecular complexity index is 1070. The lowest BCUT2D eigenvalue weighted by molar-refractivity contribution is 0.0814. The number of carbonyl (C=O) groups excluding carboxylic acids is 1. The number of nitriles is 1. The lowest BCUT2D eigenvalue weighted by atomic mass is 9.98. The number of fused-ring (bicyclic) bond motifs is 3. The molecule has 0 saturated carbocycles. The molecule has 3 aromatic rings. The molecule has 1 amide bonds. The third-order valence-electron chi connectivity index (χ3n) is 5.50. The van der Waals surface area contributed by atoms with Gasteiger partial charge in [-0.05, 0) is 39.9 Å². The summed E-state index contributed by atoms with van der Waals surface area (Å²) in [6.07, 6.45) is -1.39. The van der Waals surface area contributed by atoms with Crippen molar-refractivity contribution in [1.82, 2.24) is 4.90 Å². The van der Waals surface area contributed by atoms with Crippen molar-refractivity contribution in [3.63, 3.8) is 0 Å². The molecule has 0 radical (unpaired) electrons. The maximum Gasteiger partial charge on any atom is 0.409 e. The standard InChI is InChI=1S/C25H22N2O3/c1-27(15-24(28)18-8-6-7-17(13-18)14-26)25(29)30-16-23-21-11-4-2-9-19(21)20-10-3-5-12-22(20)23/h2-13,23-24,28H,15-16H2,1H3. The molecule has 0 aliphatic heterocycles. The Kier molecular flexibility index (Phi) is 5.51. The number of benzene rings is 3. The van der Waals surface area contributed by atoms with Gasteiger partial charge in [0.15, 0.2) is 0 Å². The Labute approximate surface area is 175 Å². The molecule has 0 spiro atoms. The number of hydrogen-bond donors (Lipinski definition) is 1. The lowest BCUT2D eigenvalue weighted by Gasteiger charge is -2.22. The van der Waals surface area contributed by atoms with E-state index < -0.39 is 12.2 Å². The lowest BCUT2D eigenvalue weighted by Crippen LogP contribution is -2.32. The van der Waals surface area contributed by atoms with E-state index in [1.165, 1.54) is 16.0 Å². The molecule has 1 aliphatic rings. The van der Waals surface area contributed by atoms with Gasteiger partial charge in [0.1, 0.15) is 6.61 Å². The molecule has 5 nitrogen and oxygen atoms in total. The number of likely N-dealkylation sites (N-methyl/N-ethyl adjacent to an activating group) is 1. The normalized spacial score (nSPS) is 13.1. The average Bonchev–Trinajstić information content (AvgIpc) is 3.11. The first-order valence-electron chi connectivity index (χ1n) is 9.82. The number of rotatable bonds is 5. The van der Waals surface area contributed by atoms with Crippen molar-refractivity contribution >= 4 is 6.09 Å². The molecule has 0 bridgehead atoms. The summed E-state index contributed by atoms with van der Waals surface area (Å²) >= 11 is 0. The highest BCUT2D eigenvalue weighted by Crippen LogP contribution is 2.44. The number of amides is 1. The number of carbonyl (C=O) groups is 1. The summed E-state index contributed by atoms with van der Waals surface area (Å²) in [6, 6.07) is 25.1. The molecule has 1 aliphatic carbocycles. The third kappa shape index (κ3) is 3.78. The van der Waals surface area contributed by atoms with Crippen LogP contribution in [0, 0.1) is 11.3 Å². The van der Waals surface area contributed by atoms with Crippen LogP contribution in [0.1, 0.15) is 34.3 Å². The summed E-state index contributed by atoms with van der Waals surface area (Å²) in [5, 5.41) is 19.5. The van der Waals surface area contributed by atoms with E-state index in [2.05, 4.69) is 24.3 Å². The van der Waals surface area contributed by atoms with Crippen molar-refractivity contribution in [2.75, 3.05) is 20.2 Å². The predicted octanol–water partition coefficient (Wildman–Crippen LogP) is 4.47. The monoisotopic (exact) mass is 398 g/mol. The fourth-order valence-corrected chi connectivity index (χ4v) is 3.96. The highest BCUT2D eigenvalue weighted by atomic mass is 16.6. The van der Waals surface area contributed by atoms with Crippen LogP contribution < -0.4 is 0 Å². The summed E-state index contributed by atoms with van der Waals surface area (Å²) in [6.45, 7) is 0.308. The Morgan fingerprint density at radius 1 is 1.07 bits per heavy atom. The van der Waals surface area contributed by atoms with Crippen LogP contribution in [-0.4, -0.2) is 36.3 Å². The smallest absolute Gasteiger partial charge is 0.409 e. The van der Waals surface area contributed by atoms with Crippen LogP contribution in [0.5, 0.6) is 0 Å². The second-order valence-electron chi connectivity index (χ2n) is 7.44. The molecule has 150 valence electrons. The third-order valence-corrected chi connectivity index (χ3v) is 5.50. The first-order chi connectivity index (χ1) is 14.6. The minimum absolute atomic E-state index is 0.00742. The largest absolute Gasteiger partial charge is 0.448 e. The van der Waals surface area contributed by atoms with Crippen LogP contribution in [0.25, 0.3) is 11.1 Å². The van der Waals surface area contributed by atoms with E-state index in [0.29, 0.717) is 11.1 Å². The van der Waals surface area contributed by atoms with E-state index in [9.17, 15) is 9.90 Å². The zero-order valence-corrected chi connectivity index (χ0v) is 16.7. The fraction of sp³-hybridized carbons (Fsp3) is 0.200. The molecule has 0 heterocycles. The van der Waals surface area contributed by atoms with Gasteiger partial charge in [0.25, 0.3) is 0 Å². The van der Waals surface area contributed by atoms with E-state index in [0.717, 1.165) is 11.1 Å². The highest BCUT2D eigenvalue weighted by Gasteiger charge is 2.29. The van der Waals surface area contributed by atoms with Gasteiger partial charge in [0, 0.05) is 13.0 Å². The van der Waals surface area contributed by atoms with Crippen LogP contribution in [0.4, 0.5) is 4.79 Å². The fourth-order valence-electron chi connectivity index (χ4n) is 3.96. The van der Waals surface area contributed by atoms with E-state index in [-0.39, 0.29) is 19.1 Å². The Hall–Kier alpha value is -3.62. The van der Waals surface area contributed by atoms with Gasteiger partial charge in [-0.1, -0.05) is 60.7 Å². The molecule has 30 heavy (non-hydrogen) atoms. The molecule has 1 unspecified atom stereocenters. The number of hydrogen-bond acceptors (Lipinski definition) is 4. The van der Waals surface area contributed by atoms with Crippen molar-refractivity contribution in [1.29, 1.82) is 5.26 Å². The van der Waals surface area contributed by atoms with E-state index in [4.69, 9.17) is 10.00 Å². The molecular formula is C25H22N2O3. The molecule has 0 saturated heterocycles. The van der Waals surface area contributed by atoms with Crippen LogP contribution in [0.2, 0.25) is 0 Å². The minimum atomic E-state index is -0.899. The summed E-state index contributed by atoms with van der Waals surface area (Å²) in [5.41, 5.74) is 5.72. The second kappa shape index (κ2) is 8.40. The number of ether oxygens (including phenoxy) is 1. The van der Waals surface area contributed by atoms with Gasteiger partial charge in [-0.25, -0.2) is 4.79 Å². The Balaban J connectivity index is 1.42. The topological polar surface area (TPSA) is 73.6 Å². The van der Waals surface area contributed by atoms with Gasteiger partial charge < -0.3 is 14.7 Å². The molecule has 0 fully saturated rings. The molecule has 3 aromatic carbocycles. The molecule has 1 N–H and O–H groups in total. The van der Waals surface area contributed by atoms with Crippen molar-refractivity contribution < 1.29 is 14.6 Å². The quantitative estimate of drug-likeness (QED) is 0.688. The van der Waals surface area contributed by atoms with Crippen LogP contribution >= 0.6 is 0 Å². The van der Waals surface area contributed by atoms with Crippen molar-refractivity contribution in [3.05, 3.63) is 95.1 Å². The van der Waals surface area contributed by atoms with Crippen molar-refractivity contribution in [2.24, 2.45) is 0 Å². The zero-order chi connectivity index (χ0) is 21.1. The zero-order valence-electron chi connectivity index (χ0n) is 16.7. The minimum Gasteiger partial charge on any atom is -0.448 e. The molecule has 4 rings (SSSR count). The van der Waals surface area contributed by atoms with E-state index >= 15 is 0 Å². The van der Waals surface area contributed by atoms with Gasteiger partial charge in [-0.15, -0.1) is 0 Å². The summed E-state index contributed by atoms with van der Waals surface area (Å²) < 4.78 is 5.61. The molecular weight excluding hydrogens is 376 g/mol. The van der Waals surface area contributed by atoms with Crippen molar-refractivity contribution in [3.8, 4) is 17.2 Å².